The van der Waals surface area contributed by atoms with Crippen LogP contribution in [0.5, 0.6) is 0 Å². The fraction of sp³-hybridized carbons (Fsp3) is 0.308. The van der Waals surface area contributed by atoms with Gasteiger partial charge in [-0.3, -0.25) is 0 Å². The molecule has 84 valence electrons. The first-order valence-corrected chi connectivity index (χ1v) is 5.38. The van der Waals surface area contributed by atoms with Crippen molar-refractivity contribution < 1.29 is 0 Å². The number of hydrogen-bond donors (Lipinski definition) is 1. The quantitative estimate of drug-likeness (QED) is 0.835. The van der Waals surface area contributed by atoms with Gasteiger partial charge in [0.1, 0.15) is 5.82 Å². The van der Waals surface area contributed by atoms with E-state index in [4.69, 9.17) is 5.73 Å². The highest BCUT2D eigenvalue weighted by Gasteiger charge is 2.13. The highest BCUT2D eigenvalue weighted by molar-refractivity contribution is 5.37. The van der Waals surface area contributed by atoms with Gasteiger partial charge in [0.05, 0.1) is 0 Å². The van der Waals surface area contributed by atoms with Crippen LogP contribution in [-0.2, 0) is 5.54 Å². The van der Waals surface area contributed by atoms with Gasteiger partial charge >= 0.3 is 0 Å². The molecular weight excluding hydrogens is 198 g/mol. The zero-order valence-electron chi connectivity index (χ0n) is 9.94. The van der Waals surface area contributed by atoms with Gasteiger partial charge in [0.25, 0.3) is 0 Å². The summed E-state index contributed by atoms with van der Waals surface area (Å²) >= 11 is 0. The van der Waals surface area contributed by atoms with Crippen LogP contribution < -0.4 is 5.73 Å². The van der Waals surface area contributed by atoms with E-state index in [0.717, 1.165) is 17.1 Å². The number of aryl methyl sites for hydroxylation is 1. The Morgan fingerprint density at radius 1 is 1.19 bits per heavy atom. The van der Waals surface area contributed by atoms with Gasteiger partial charge in [0.15, 0.2) is 0 Å². The summed E-state index contributed by atoms with van der Waals surface area (Å²) in [5, 5.41) is 0. The van der Waals surface area contributed by atoms with Gasteiger partial charge in [0, 0.05) is 23.6 Å². The summed E-state index contributed by atoms with van der Waals surface area (Å²) < 4.78 is 2.05. The van der Waals surface area contributed by atoms with E-state index >= 15 is 0 Å². The number of rotatable bonds is 2. The maximum atomic E-state index is 6.04. The van der Waals surface area contributed by atoms with E-state index in [1.165, 1.54) is 0 Å². The molecule has 0 radical (unpaired) electrons. The van der Waals surface area contributed by atoms with Crippen molar-refractivity contribution in [3.05, 3.63) is 48.0 Å². The van der Waals surface area contributed by atoms with E-state index in [-0.39, 0.29) is 5.54 Å². The van der Waals surface area contributed by atoms with Crippen LogP contribution in [0, 0.1) is 6.92 Å². The third-order valence-corrected chi connectivity index (χ3v) is 2.72. The lowest BCUT2D eigenvalue weighted by Crippen LogP contribution is -2.28. The zero-order valence-corrected chi connectivity index (χ0v) is 9.94. The summed E-state index contributed by atoms with van der Waals surface area (Å²) in [7, 11) is 0. The van der Waals surface area contributed by atoms with Crippen molar-refractivity contribution in [3.63, 3.8) is 0 Å². The van der Waals surface area contributed by atoms with E-state index < -0.39 is 0 Å². The van der Waals surface area contributed by atoms with Gasteiger partial charge in [-0.2, -0.15) is 0 Å². The summed E-state index contributed by atoms with van der Waals surface area (Å²) in [6, 6.07) is 8.26. The number of nitrogens with two attached hydrogens (primary N) is 1. The molecule has 2 N–H and O–H groups in total. The first-order valence-electron chi connectivity index (χ1n) is 5.38. The monoisotopic (exact) mass is 215 g/mol. The Morgan fingerprint density at radius 3 is 2.25 bits per heavy atom. The first kappa shape index (κ1) is 10.9. The fourth-order valence-corrected chi connectivity index (χ4v) is 1.70. The predicted molar refractivity (Wildman–Crippen MR) is 65.5 cm³/mol. The van der Waals surface area contributed by atoms with Crippen LogP contribution in [0.15, 0.2) is 36.7 Å². The number of aromatic nitrogens is 2. The Morgan fingerprint density at radius 2 is 1.81 bits per heavy atom. The standard InChI is InChI=1S/C13H17N3/c1-10-15-8-9-16(10)12-6-4-11(5-7-12)13(2,3)14/h4-9H,14H2,1-3H3. The van der Waals surface area contributed by atoms with Crippen molar-refractivity contribution in [1.29, 1.82) is 0 Å². The van der Waals surface area contributed by atoms with Crippen molar-refractivity contribution in [3.8, 4) is 5.69 Å². The Hall–Kier alpha value is -1.61. The molecule has 2 rings (SSSR count). The molecule has 0 fully saturated rings. The maximum absolute atomic E-state index is 6.04. The number of benzene rings is 1. The second-order valence-electron chi connectivity index (χ2n) is 4.61. The van der Waals surface area contributed by atoms with Crippen LogP contribution in [0.4, 0.5) is 0 Å². The molecule has 0 unspecified atom stereocenters. The van der Waals surface area contributed by atoms with Crippen molar-refractivity contribution in [2.45, 2.75) is 26.3 Å². The minimum atomic E-state index is -0.289. The summed E-state index contributed by atoms with van der Waals surface area (Å²) in [4.78, 5) is 4.20. The van der Waals surface area contributed by atoms with Gasteiger partial charge in [-0.1, -0.05) is 12.1 Å². The van der Waals surface area contributed by atoms with Crippen LogP contribution in [0.2, 0.25) is 0 Å². The maximum Gasteiger partial charge on any atom is 0.110 e. The van der Waals surface area contributed by atoms with Crippen molar-refractivity contribution >= 4 is 0 Å². The van der Waals surface area contributed by atoms with Crippen LogP contribution in [0.1, 0.15) is 25.2 Å². The molecule has 0 saturated carbocycles. The molecule has 16 heavy (non-hydrogen) atoms. The third kappa shape index (κ3) is 1.99. The molecule has 0 amide bonds. The van der Waals surface area contributed by atoms with E-state index in [2.05, 4.69) is 29.2 Å². The molecule has 0 saturated heterocycles. The first-order chi connectivity index (χ1) is 7.48. The number of nitrogens with zero attached hydrogens (tertiary/aromatic N) is 2. The predicted octanol–water partition coefficient (Wildman–Crippen LogP) is 2.37. The average Bonchev–Trinajstić information content (AvgIpc) is 2.63. The normalized spacial score (nSPS) is 11.8. The van der Waals surface area contributed by atoms with Crippen LogP contribution >= 0.6 is 0 Å². The molecule has 0 spiro atoms. The van der Waals surface area contributed by atoms with Crippen LogP contribution in [0.3, 0.4) is 0 Å². The molecule has 0 aliphatic rings. The zero-order chi connectivity index (χ0) is 11.8. The summed E-state index contributed by atoms with van der Waals surface area (Å²) in [5.74, 6) is 0.986. The van der Waals surface area contributed by atoms with Gasteiger partial charge in [-0.15, -0.1) is 0 Å². The Balaban J connectivity index is 2.37. The molecule has 3 nitrogen and oxygen atoms in total. The van der Waals surface area contributed by atoms with Gasteiger partial charge < -0.3 is 10.3 Å². The molecule has 3 heteroatoms. The van der Waals surface area contributed by atoms with E-state index in [1.54, 1.807) is 6.20 Å². The Labute approximate surface area is 95.9 Å². The molecule has 1 aromatic heterocycles. The second kappa shape index (κ2) is 3.76. The fourth-order valence-electron chi connectivity index (χ4n) is 1.70. The molecule has 0 aliphatic heterocycles. The lowest BCUT2D eigenvalue weighted by molar-refractivity contribution is 0.554. The number of imidazole rings is 1. The molecule has 1 aromatic carbocycles. The molecule has 2 aromatic rings. The molecule has 1 heterocycles. The van der Waals surface area contributed by atoms with E-state index in [0.29, 0.717) is 0 Å². The molecule has 0 aliphatic carbocycles. The molecular formula is C13H17N3. The second-order valence-corrected chi connectivity index (χ2v) is 4.61. The minimum Gasteiger partial charge on any atom is -0.322 e. The van der Waals surface area contributed by atoms with Crippen LogP contribution in [0.25, 0.3) is 5.69 Å². The lowest BCUT2D eigenvalue weighted by Gasteiger charge is -2.19. The summed E-state index contributed by atoms with van der Waals surface area (Å²) in [5.41, 5.74) is 7.99. The third-order valence-electron chi connectivity index (χ3n) is 2.72. The van der Waals surface area contributed by atoms with Crippen molar-refractivity contribution in [2.24, 2.45) is 5.73 Å². The highest BCUT2D eigenvalue weighted by atomic mass is 15.1. The van der Waals surface area contributed by atoms with Crippen molar-refractivity contribution in [2.75, 3.05) is 0 Å². The largest absolute Gasteiger partial charge is 0.322 e. The summed E-state index contributed by atoms with van der Waals surface area (Å²) in [6.07, 6.45) is 3.76. The van der Waals surface area contributed by atoms with Gasteiger partial charge in [0.2, 0.25) is 0 Å². The topological polar surface area (TPSA) is 43.8 Å². The van der Waals surface area contributed by atoms with Crippen LogP contribution in [-0.4, -0.2) is 9.55 Å². The molecule has 0 bridgehead atoms. The average molecular weight is 215 g/mol. The number of hydrogen-bond acceptors (Lipinski definition) is 2. The Kier molecular flexibility index (Phi) is 2.56. The van der Waals surface area contributed by atoms with Crippen molar-refractivity contribution in [1.82, 2.24) is 9.55 Å². The SMILES string of the molecule is Cc1nccn1-c1ccc(C(C)(C)N)cc1. The van der Waals surface area contributed by atoms with E-state index in [1.807, 2.05) is 31.5 Å². The smallest absolute Gasteiger partial charge is 0.110 e. The minimum absolute atomic E-state index is 0.289. The highest BCUT2D eigenvalue weighted by Crippen LogP contribution is 2.19. The van der Waals surface area contributed by atoms with Gasteiger partial charge in [-0.05, 0) is 38.5 Å². The molecule has 0 atom stereocenters. The Bertz CT molecular complexity index is 475. The lowest BCUT2D eigenvalue weighted by atomic mass is 9.96. The van der Waals surface area contributed by atoms with E-state index in [9.17, 15) is 0 Å². The summed E-state index contributed by atoms with van der Waals surface area (Å²) in [6.45, 7) is 6.00. The van der Waals surface area contributed by atoms with Gasteiger partial charge in [-0.25, -0.2) is 4.98 Å².